The maximum Gasteiger partial charge on any atom is 0.331 e. The number of ether oxygens (including phenoxy) is 5. The van der Waals surface area contributed by atoms with Gasteiger partial charge in [-0.2, -0.15) is 0 Å². The van der Waals surface area contributed by atoms with Crippen molar-refractivity contribution in [2.24, 2.45) is 28.6 Å². The fourth-order valence-electron chi connectivity index (χ4n) is 10.5. The molecule has 218 valence electrons. The zero-order chi connectivity index (χ0) is 27.5. The van der Waals surface area contributed by atoms with E-state index in [0.29, 0.717) is 18.9 Å². The predicted octanol–water partition coefficient (Wildman–Crippen LogP) is 2.24. The first-order valence-corrected chi connectivity index (χ1v) is 15.0. The van der Waals surface area contributed by atoms with Gasteiger partial charge in [0.2, 0.25) is 0 Å². The minimum absolute atomic E-state index is 0.0261. The number of hydrogen-bond donors (Lipinski definition) is 3. The first kappa shape index (κ1) is 26.8. The molecule has 0 aromatic rings. The molecule has 0 aromatic heterocycles. The number of carbonyl (C=O) groups is 1. The summed E-state index contributed by atoms with van der Waals surface area (Å²) in [6.45, 7) is 6.73. The smallest absolute Gasteiger partial charge is 0.331 e. The van der Waals surface area contributed by atoms with Crippen LogP contribution in [0.25, 0.3) is 0 Å². The van der Waals surface area contributed by atoms with Gasteiger partial charge in [-0.25, -0.2) is 4.79 Å². The van der Waals surface area contributed by atoms with E-state index in [1.807, 2.05) is 0 Å². The number of rotatable bonds is 4. The summed E-state index contributed by atoms with van der Waals surface area (Å²) in [5, 5.41) is 33.7. The second kappa shape index (κ2) is 8.72. The van der Waals surface area contributed by atoms with Crippen molar-refractivity contribution < 1.29 is 43.8 Å². The van der Waals surface area contributed by atoms with Crippen LogP contribution >= 0.6 is 0 Å². The van der Waals surface area contributed by atoms with Crippen LogP contribution < -0.4 is 0 Å². The molecular weight excluding hydrogens is 504 g/mol. The number of aliphatic hydroxyl groups is 3. The Morgan fingerprint density at radius 2 is 1.85 bits per heavy atom. The Bertz CT molecular complexity index is 1060. The van der Waals surface area contributed by atoms with Gasteiger partial charge < -0.3 is 39.0 Å². The average molecular weight is 549 g/mol. The van der Waals surface area contributed by atoms with Gasteiger partial charge in [0, 0.05) is 18.6 Å². The van der Waals surface area contributed by atoms with Crippen LogP contribution in [0.15, 0.2) is 11.6 Å². The van der Waals surface area contributed by atoms with Crippen LogP contribution in [-0.2, 0) is 28.5 Å². The zero-order valence-electron chi connectivity index (χ0n) is 23.5. The topological polar surface area (TPSA) is 127 Å². The molecule has 0 radical (unpaired) electrons. The third kappa shape index (κ3) is 3.41. The Morgan fingerprint density at radius 3 is 2.56 bits per heavy atom. The van der Waals surface area contributed by atoms with Crippen molar-refractivity contribution in [3.05, 3.63) is 11.6 Å². The van der Waals surface area contributed by atoms with Crippen molar-refractivity contribution in [1.29, 1.82) is 0 Å². The number of fused-ring (bicyclic) bond motifs is 3. The minimum Gasteiger partial charge on any atom is -0.458 e. The van der Waals surface area contributed by atoms with Gasteiger partial charge in [-0.05, 0) is 87.0 Å². The van der Waals surface area contributed by atoms with Gasteiger partial charge in [0.1, 0.15) is 36.1 Å². The van der Waals surface area contributed by atoms with Gasteiger partial charge in [0.05, 0.1) is 18.3 Å². The van der Waals surface area contributed by atoms with E-state index in [0.717, 1.165) is 50.5 Å². The van der Waals surface area contributed by atoms with Gasteiger partial charge >= 0.3 is 5.97 Å². The highest BCUT2D eigenvalue weighted by Crippen LogP contribution is 2.77. The standard InChI is InChI=1S/C30H44O9/c1-15-23(32)25(35-4)24(33)26(37-15)38-18-5-8-27(2)17(12-18)13-21-30(39-21)20(27)7-9-28(3)19(6-10-29(28,30)34)16-11-22(31)36-14-16/h11,15,17-21,23-26,32-34H,5-10,12-14H2,1-4H3/t15-,17-,18-,19-,20+,21-,23-,24-,25+,26-,27-,28+,29+,30+/m0/s1. The van der Waals surface area contributed by atoms with E-state index < -0.39 is 41.9 Å². The Labute approximate surface area is 230 Å². The summed E-state index contributed by atoms with van der Waals surface area (Å²) in [5.74, 6) is 0.532. The van der Waals surface area contributed by atoms with Gasteiger partial charge in [-0.15, -0.1) is 0 Å². The number of carbonyl (C=O) groups excluding carboxylic acids is 1. The number of epoxide rings is 1. The van der Waals surface area contributed by atoms with Gasteiger partial charge in [-0.3, -0.25) is 0 Å². The van der Waals surface area contributed by atoms with Crippen molar-refractivity contribution in [3.8, 4) is 0 Å². The lowest BCUT2D eigenvalue weighted by Crippen LogP contribution is -2.68. The molecule has 9 heteroatoms. The van der Waals surface area contributed by atoms with Crippen molar-refractivity contribution in [1.82, 2.24) is 0 Å². The fraction of sp³-hybridized carbons (Fsp3) is 0.900. The molecule has 0 amide bonds. The Kier molecular flexibility index (Phi) is 6.00. The number of aliphatic hydroxyl groups excluding tert-OH is 2. The molecule has 6 fully saturated rings. The summed E-state index contributed by atoms with van der Waals surface area (Å²) in [5.41, 5.74) is -0.712. The Hall–Kier alpha value is -1.07. The molecule has 4 saturated carbocycles. The summed E-state index contributed by atoms with van der Waals surface area (Å²) in [4.78, 5) is 11.9. The monoisotopic (exact) mass is 548 g/mol. The van der Waals surface area contributed by atoms with Crippen LogP contribution in [0.1, 0.15) is 72.1 Å². The van der Waals surface area contributed by atoms with E-state index in [1.165, 1.54) is 7.11 Å². The molecular formula is C30H44O9. The van der Waals surface area contributed by atoms with Crippen LogP contribution in [0.5, 0.6) is 0 Å². The minimum atomic E-state index is -1.06. The predicted molar refractivity (Wildman–Crippen MR) is 137 cm³/mol. The highest BCUT2D eigenvalue weighted by Gasteiger charge is 2.84. The molecule has 0 aromatic carbocycles. The molecule has 1 spiro atoms. The molecule has 9 nitrogen and oxygen atoms in total. The largest absolute Gasteiger partial charge is 0.458 e. The maximum absolute atomic E-state index is 12.6. The van der Waals surface area contributed by atoms with Gasteiger partial charge in [0.15, 0.2) is 6.29 Å². The summed E-state index contributed by atoms with van der Waals surface area (Å²) in [7, 11) is 1.48. The third-order valence-corrected chi connectivity index (χ3v) is 12.7. The molecule has 3 N–H and O–H groups in total. The highest BCUT2D eigenvalue weighted by molar-refractivity contribution is 5.85. The van der Waals surface area contributed by atoms with Crippen LogP contribution in [-0.4, -0.2) is 89.1 Å². The Morgan fingerprint density at radius 1 is 1.05 bits per heavy atom. The maximum atomic E-state index is 12.6. The molecule has 14 atom stereocenters. The van der Waals surface area contributed by atoms with Crippen molar-refractivity contribution >= 4 is 5.97 Å². The third-order valence-electron chi connectivity index (χ3n) is 12.7. The molecule has 7 rings (SSSR count). The average Bonchev–Trinajstić information content (AvgIpc) is 3.34. The number of cyclic esters (lactones) is 1. The van der Waals surface area contributed by atoms with Crippen LogP contribution in [0, 0.1) is 28.6 Å². The summed E-state index contributed by atoms with van der Waals surface area (Å²) < 4.78 is 29.5. The van der Waals surface area contributed by atoms with Gasteiger partial charge in [-0.1, -0.05) is 13.8 Å². The summed E-state index contributed by atoms with van der Waals surface area (Å²) in [6.07, 6.45) is 4.59. The zero-order valence-corrected chi connectivity index (χ0v) is 23.5. The van der Waals surface area contributed by atoms with E-state index in [4.69, 9.17) is 23.7 Å². The molecule has 7 aliphatic rings. The number of hydrogen-bond acceptors (Lipinski definition) is 9. The lowest BCUT2D eigenvalue weighted by atomic mass is 9.43. The lowest BCUT2D eigenvalue weighted by Gasteiger charge is -2.62. The SMILES string of the molecule is CO[C@H]1[C@H](O)[C@H](O[C@H]2CC[C@@]3(C)[C@@H](C2)C[C@@H]2O[C@]24[C@@H]3CC[C@]2(C)[C@H](C3=CC(=O)OC3)CC[C@]42O)O[C@@H](C)[C@@H]1O. The molecule has 3 aliphatic heterocycles. The van der Waals surface area contributed by atoms with Crippen molar-refractivity contribution in [2.45, 2.75) is 126 Å². The summed E-state index contributed by atoms with van der Waals surface area (Å²) >= 11 is 0. The molecule has 39 heavy (non-hydrogen) atoms. The number of methoxy groups -OCH3 is 1. The lowest BCUT2D eigenvalue weighted by molar-refractivity contribution is -0.312. The molecule has 2 saturated heterocycles. The van der Waals surface area contributed by atoms with E-state index >= 15 is 0 Å². The highest BCUT2D eigenvalue weighted by atomic mass is 16.7. The number of esters is 1. The van der Waals surface area contributed by atoms with Crippen molar-refractivity contribution in [3.63, 3.8) is 0 Å². The first-order valence-electron chi connectivity index (χ1n) is 15.0. The second-order valence-corrected chi connectivity index (χ2v) is 14.0. The van der Waals surface area contributed by atoms with E-state index in [9.17, 15) is 20.1 Å². The van der Waals surface area contributed by atoms with E-state index in [-0.39, 0.29) is 40.8 Å². The first-order chi connectivity index (χ1) is 18.5. The molecule has 0 unspecified atom stereocenters. The quantitative estimate of drug-likeness (QED) is 0.275. The molecule has 0 bridgehead atoms. The van der Waals surface area contributed by atoms with Crippen LogP contribution in [0.4, 0.5) is 0 Å². The molecule has 4 aliphatic carbocycles. The van der Waals surface area contributed by atoms with E-state index in [2.05, 4.69) is 13.8 Å². The van der Waals surface area contributed by atoms with E-state index in [1.54, 1.807) is 13.0 Å². The van der Waals surface area contributed by atoms with Crippen LogP contribution in [0.3, 0.4) is 0 Å². The Balaban J connectivity index is 1.09. The second-order valence-electron chi connectivity index (χ2n) is 14.0. The fourth-order valence-corrected chi connectivity index (χ4v) is 10.5. The normalized spacial score (nSPS) is 58.0. The van der Waals surface area contributed by atoms with Gasteiger partial charge in [0.25, 0.3) is 0 Å². The molecule has 3 heterocycles. The van der Waals surface area contributed by atoms with Crippen LogP contribution in [0.2, 0.25) is 0 Å². The summed E-state index contributed by atoms with van der Waals surface area (Å²) in [6, 6.07) is 0. The van der Waals surface area contributed by atoms with Crippen molar-refractivity contribution in [2.75, 3.05) is 13.7 Å².